The SMILES string of the molecule is OC[C@H]1OC([C@@]2(O)O[C@H](CO)[C@@H](O)[C@H](O)[C@H]2O[C@H]2O[C@H](CO)[C@@H](O)[C@H](O)[C@H]2O)[C@@](O)([C@H]2O[C@H](CO)[C@@H](O)[C@H](O)[C@H]2O)[C@@H](O)[C@@H]1O. The van der Waals surface area contributed by atoms with Crippen molar-refractivity contribution in [1.29, 1.82) is 0 Å². The normalized spacial score (nSPS) is 56.3. The highest BCUT2D eigenvalue weighted by atomic mass is 16.8. The zero-order valence-electron chi connectivity index (χ0n) is 23.4. The van der Waals surface area contributed by atoms with Crippen molar-refractivity contribution >= 4 is 0 Å². The average Bonchev–Trinajstić information content (AvgIpc) is 3.02. The smallest absolute Gasteiger partial charge is 0.225 e. The van der Waals surface area contributed by atoms with Crippen molar-refractivity contribution in [3.63, 3.8) is 0 Å². The Morgan fingerprint density at radius 3 is 1.49 bits per heavy atom. The van der Waals surface area contributed by atoms with Crippen LogP contribution in [0, 0.1) is 0 Å². The molecule has 4 aliphatic heterocycles. The van der Waals surface area contributed by atoms with Gasteiger partial charge in [-0.25, -0.2) is 0 Å². The lowest BCUT2D eigenvalue weighted by molar-refractivity contribution is -0.452. The first-order valence-electron chi connectivity index (χ1n) is 14.0. The van der Waals surface area contributed by atoms with E-state index in [1.54, 1.807) is 0 Å². The number of hydrogen-bond donors (Lipinski definition) is 16. The third kappa shape index (κ3) is 6.03. The number of aliphatic hydroxyl groups excluding tert-OH is 14. The van der Waals surface area contributed by atoms with Gasteiger partial charge in [0.2, 0.25) is 5.79 Å². The molecule has 264 valence electrons. The molecule has 45 heavy (non-hydrogen) atoms. The molecule has 4 fully saturated rings. The Balaban J connectivity index is 1.85. The van der Waals surface area contributed by atoms with Crippen LogP contribution >= 0.6 is 0 Å². The van der Waals surface area contributed by atoms with Crippen molar-refractivity contribution in [3.05, 3.63) is 0 Å². The highest BCUT2D eigenvalue weighted by molar-refractivity contribution is 5.18. The molecular formula is C24H42O21. The van der Waals surface area contributed by atoms with Gasteiger partial charge in [0, 0.05) is 0 Å². The van der Waals surface area contributed by atoms with Crippen molar-refractivity contribution in [1.82, 2.24) is 0 Å². The van der Waals surface area contributed by atoms with Crippen molar-refractivity contribution < 1.29 is 105 Å². The molecule has 21 heteroatoms. The second kappa shape index (κ2) is 13.9. The van der Waals surface area contributed by atoms with Gasteiger partial charge >= 0.3 is 0 Å². The van der Waals surface area contributed by atoms with Crippen LogP contribution in [0.5, 0.6) is 0 Å². The Morgan fingerprint density at radius 2 is 0.956 bits per heavy atom. The van der Waals surface area contributed by atoms with Crippen LogP contribution in [0.3, 0.4) is 0 Å². The second-order valence-electron chi connectivity index (χ2n) is 11.6. The van der Waals surface area contributed by atoms with Gasteiger partial charge in [-0.15, -0.1) is 0 Å². The van der Waals surface area contributed by atoms with E-state index >= 15 is 0 Å². The summed E-state index contributed by atoms with van der Waals surface area (Å²) in [6.07, 6.45) is -39.1. The number of rotatable bonds is 8. The molecular weight excluding hydrogens is 624 g/mol. The lowest BCUT2D eigenvalue weighted by Crippen LogP contribution is -2.84. The standard InChI is InChI=1S/C24H42O21/c25-1-5-9(29)13(33)16(36)19(41-5)23(39)18(38)12(32)7(3-27)43-22(23)24(40)20(15(35)11(31)8(4-28)45-24)44-21-17(37)14(34)10(30)6(2-26)42-21/h5-22,25-40H,1-4H2/t5-,6-,7-,8-,9-,10-,11-,12-,13+,14+,15+,16-,17-,18+,19+,20-,21-,22?,23+,24+/m1/s1. The predicted molar refractivity (Wildman–Crippen MR) is 134 cm³/mol. The average molecular weight is 667 g/mol. The van der Waals surface area contributed by atoms with E-state index < -0.39 is 148 Å². The van der Waals surface area contributed by atoms with E-state index in [4.69, 9.17) is 23.7 Å². The minimum atomic E-state index is -3.51. The van der Waals surface area contributed by atoms with Crippen LogP contribution < -0.4 is 0 Å². The monoisotopic (exact) mass is 666 g/mol. The zero-order valence-corrected chi connectivity index (χ0v) is 23.4. The summed E-state index contributed by atoms with van der Waals surface area (Å²) >= 11 is 0. The third-order valence-corrected chi connectivity index (χ3v) is 8.91. The molecule has 4 heterocycles. The van der Waals surface area contributed by atoms with Crippen LogP contribution in [-0.4, -0.2) is 230 Å². The first-order valence-corrected chi connectivity index (χ1v) is 14.0. The van der Waals surface area contributed by atoms with E-state index in [1.165, 1.54) is 0 Å². The predicted octanol–water partition coefficient (Wildman–Crippen LogP) is -11.0. The topological polar surface area (TPSA) is 370 Å². The first-order chi connectivity index (χ1) is 21.0. The van der Waals surface area contributed by atoms with E-state index in [0.29, 0.717) is 0 Å². The molecule has 4 rings (SSSR count). The fraction of sp³-hybridized carbons (Fsp3) is 1.00. The molecule has 16 N–H and O–H groups in total. The fourth-order valence-electron chi connectivity index (χ4n) is 6.26. The van der Waals surface area contributed by atoms with Crippen molar-refractivity contribution in [2.75, 3.05) is 26.4 Å². The maximum atomic E-state index is 12.1. The third-order valence-electron chi connectivity index (χ3n) is 8.91. The summed E-state index contributed by atoms with van der Waals surface area (Å²) in [5.41, 5.74) is -3.42. The Labute approximate surface area is 253 Å². The maximum absolute atomic E-state index is 12.1. The molecule has 21 nitrogen and oxygen atoms in total. The van der Waals surface area contributed by atoms with Gasteiger partial charge in [-0.2, -0.15) is 0 Å². The van der Waals surface area contributed by atoms with E-state index in [-0.39, 0.29) is 0 Å². The lowest BCUT2D eigenvalue weighted by Gasteiger charge is -2.60. The summed E-state index contributed by atoms with van der Waals surface area (Å²) in [6.45, 7) is -4.25. The van der Waals surface area contributed by atoms with Crippen LogP contribution in [0.2, 0.25) is 0 Å². The molecule has 1 unspecified atom stereocenters. The first kappa shape index (κ1) is 37.0. The molecule has 0 aromatic carbocycles. The minimum Gasteiger partial charge on any atom is -0.394 e. The Morgan fingerprint density at radius 1 is 0.489 bits per heavy atom. The minimum absolute atomic E-state index is 0.946. The van der Waals surface area contributed by atoms with Crippen LogP contribution in [0.1, 0.15) is 0 Å². The lowest BCUT2D eigenvalue weighted by atomic mass is 9.69. The summed E-state index contributed by atoms with van der Waals surface area (Å²) in [5, 5.41) is 169. The van der Waals surface area contributed by atoms with Crippen molar-refractivity contribution in [3.8, 4) is 0 Å². The Hall–Kier alpha value is -0.840. The highest BCUT2D eigenvalue weighted by Crippen LogP contribution is 2.47. The molecule has 4 saturated heterocycles. The summed E-state index contributed by atoms with van der Waals surface area (Å²) in [5.74, 6) is -3.51. The second-order valence-corrected chi connectivity index (χ2v) is 11.6. The molecule has 0 aromatic rings. The fourth-order valence-corrected chi connectivity index (χ4v) is 6.26. The van der Waals surface area contributed by atoms with Gasteiger partial charge in [-0.3, -0.25) is 0 Å². The van der Waals surface area contributed by atoms with E-state index in [2.05, 4.69) is 0 Å². The number of hydrogen-bond acceptors (Lipinski definition) is 21. The molecule has 0 saturated carbocycles. The van der Waals surface area contributed by atoms with Crippen LogP contribution in [0.15, 0.2) is 0 Å². The van der Waals surface area contributed by atoms with Gasteiger partial charge < -0.3 is 105 Å². The quantitative estimate of drug-likeness (QED) is 0.114. The van der Waals surface area contributed by atoms with E-state index in [1.807, 2.05) is 0 Å². The molecule has 4 aliphatic rings. The van der Waals surface area contributed by atoms with Crippen LogP contribution in [0.25, 0.3) is 0 Å². The summed E-state index contributed by atoms with van der Waals surface area (Å²) in [4.78, 5) is 0. The van der Waals surface area contributed by atoms with Crippen LogP contribution in [0.4, 0.5) is 0 Å². The van der Waals surface area contributed by atoms with Gasteiger partial charge in [-0.1, -0.05) is 0 Å². The molecule has 0 amide bonds. The Kier molecular flexibility index (Phi) is 11.5. The van der Waals surface area contributed by atoms with E-state index in [0.717, 1.165) is 0 Å². The van der Waals surface area contributed by atoms with E-state index in [9.17, 15) is 81.7 Å². The van der Waals surface area contributed by atoms with Crippen LogP contribution in [-0.2, 0) is 23.7 Å². The molecule has 0 bridgehead atoms. The number of ether oxygens (including phenoxy) is 5. The van der Waals surface area contributed by atoms with Gasteiger partial charge in [0.15, 0.2) is 11.9 Å². The van der Waals surface area contributed by atoms with Crippen molar-refractivity contribution in [2.45, 2.75) is 121 Å². The zero-order chi connectivity index (χ0) is 33.8. The number of aliphatic hydroxyl groups is 16. The molecule has 0 aromatic heterocycles. The van der Waals surface area contributed by atoms with Gasteiger partial charge in [0.25, 0.3) is 0 Å². The Bertz CT molecular complexity index is 975. The molecule has 0 spiro atoms. The van der Waals surface area contributed by atoms with Crippen molar-refractivity contribution in [2.24, 2.45) is 0 Å². The molecule has 0 radical (unpaired) electrons. The molecule has 0 aliphatic carbocycles. The summed E-state index contributed by atoms with van der Waals surface area (Å²) < 4.78 is 27.1. The summed E-state index contributed by atoms with van der Waals surface area (Å²) in [6, 6.07) is 0. The summed E-state index contributed by atoms with van der Waals surface area (Å²) in [7, 11) is 0. The van der Waals surface area contributed by atoms with Gasteiger partial charge in [0.1, 0.15) is 104 Å². The van der Waals surface area contributed by atoms with Gasteiger partial charge in [-0.05, 0) is 0 Å². The van der Waals surface area contributed by atoms with Gasteiger partial charge in [0.05, 0.1) is 26.4 Å². The maximum Gasteiger partial charge on any atom is 0.225 e. The highest BCUT2D eigenvalue weighted by Gasteiger charge is 2.73. The largest absolute Gasteiger partial charge is 0.394 e. The molecule has 20 atom stereocenters.